The molecule has 9 nitrogen and oxygen atoms in total. The molecule has 0 rings (SSSR count). The molecule has 0 aromatic carbocycles. The third-order valence-corrected chi connectivity index (χ3v) is 14.5. The molecule has 0 radical (unpaired) electrons. The third-order valence-electron chi connectivity index (χ3n) is 13.5. The number of esters is 2. The summed E-state index contributed by atoms with van der Waals surface area (Å²) in [4.78, 5) is 35.6. The van der Waals surface area contributed by atoms with Crippen LogP contribution in [0.15, 0.2) is 24.3 Å². The lowest BCUT2D eigenvalue weighted by molar-refractivity contribution is -0.870. The second-order valence-electron chi connectivity index (χ2n) is 21.7. The fourth-order valence-electron chi connectivity index (χ4n) is 8.81. The Morgan fingerprint density at radius 2 is 0.771 bits per heavy atom. The molecule has 2 unspecified atom stereocenters. The maximum atomic E-state index is 12.8. The molecule has 1 N–H and O–H groups in total. The summed E-state index contributed by atoms with van der Waals surface area (Å²) in [5.41, 5.74) is 0. The molecule has 0 fully saturated rings. The molecule has 0 spiro atoms. The van der Waals surface area contributed by atoms with Gasteiger partial charge >= 0.3 is 19.8 Å². The lowest BCUT2D eigenvalue weighted by Crippen LogP contribution is -2.37. The van der Waals surface area contributed by atoms with Gasteiger partial charge in [0.1, 0.15) is 19.8 Å². The van der Waals surface area contributed by atoms with E-state index in [1.165, 1.54) is 205 Å². The molecule has 0 aliphatic rings. The number of nitrogens with zero attached hydrogens (tertiary/aromatic N) is 1. The number of carbonyl (C=O) groups excluding carboxylic acids is 2. The minimum absolute atomic E-state index is 0.0310. The summed E-state index contributed by atoms with van der Waals surface area (Å²) < 4.78 is 34.5. The predicted octanol–water partition coefficient (Wildman–Crippen LogP) is 18.6. The number of allylic oxidation sites excluding steroid dienone is 4. The van der Waals surface area contributed by atoms with Crippen LogP contribution in [0.4, 0.5) is 0 Å². The highest BCUT2D eigenvalue weighted by Crippen LogP contribution is 2.43. The van der Waals surface area contributed by atoms with E-state index < -0.39 is 26.5 Å². The van der Waals surface area contributed by atoms with E-state index in [1.807, 2.05) is 21.1 Å². The standard InChI is InChI=1S/C60H116NO8P/c1-6-8-10-12-14-16-18-20-22-23-24-25-26-27-28-29-30-31-32-33-34-35-36-37-39-40-42-44-46-48-50-52-59(62)66-56-58(57-68-70(64,65)67-55-54-61(3,4)5)69-60(63)53-51-49-47-45-43-41-38-21-19-17-15-13-11-9-7-2/h15,17,21,38,58H,6-14,16,18-20,22-37,39-57H2,1-5H3/p+1/b17-15-,38-21-. The largest absolute Gasteiger partial charge is 0.472 e. The summed E-state index contributed by atoms with van der Waals surface area (Å²) in [7, 11) is 1.48. The van der Waals surface area contributed by atoms with Crippen molar-refractivity contribution < 1.29 is 42.1 Å². The first-order valence-electron chi connectivity index (χ1n) is 30.1. The van der Waals surface area contributed by atoms with Gasteiger partial charge in [-0.15, -0.1) is 0 Å². The van der Waals surface area contributed by atoms with Crippen LogP contribution in [0.1, 0.15) is 296 Å². The zero-order valence-corrected chi connectivity index (χ0v) is 47.9. The van der Waals surface area contributed by atoms with Crippen molar-refractivity contribution in [3.8, 4) is 0 Å². The van der Waals surface area contributed by atoms with Crippen LogP contribution < -0.4 is 0 Å². The van der Waals surface area contributed by atoms with Gasteiger partial charge in [0.25, 0.3) is 0 Å². The number of quaternary nitrogens is 1. The molecule has 0 aromatic rings. The molecule has 0 amide bonds. The molecule has 70 heavy (non-hydrogen) atoms. The first-order valence-corrected chi connectivity index (χ1v) is 31.6. The van der Waals surface area contributed by atoms with Crippen molar-refractivity contribution >= 4 is 19.8 Å². The number of carbonyl (C=O) groups is 2. The molecule has 0 saturated heterocycles. The van der Waals surface area contributed by atoms with Crippen molar-refractivity contribution in [3.05, 3.63) is 24.3 Å². The van der Waals surface area contributed by atoms with E-state index in [-0.39, 0.29) is 25.6 Å². The van der Waals surface area contributed by atoms with Crippen LogP contribution in [0.3, 0.4) is 0 Å². The molecule has 2 atom stereocenters. The average molecular weight is 1010 g/mol. The van der Waals surface area contributed by atoms with Crippen LogP contribution in [-0.4, -0.2) is 74.9 Å². The van der Waals surface area contributed by atoms with Crippen molar-refractivity contribution in [2.45, 2.75) is 302 Å². The van der Waals surface area contributed by atoms with Crippen LogP contribution in [0.25, 0.3) is 0 Å². The Balaban J connectivity index is 3.99. The minimum Gasteiger partial charge on any atom is -0.462 e. The fraction of sp³-hybridized carbons (Fsp3) is 0.900. The second kappa shape index (κ2) is 52.4. The van der Waals surface area contributed by atoms with Gasteiger partial charge in [-0.1, -0.05) is 263 Å². The Morgan fingerprint density at radius 3 is 1.16 bits per heavy atom. The summed E-state index contributed by atoms with van der Waals surface area (Å²) in [6.07, 6.45) is 62.7. The molecule has 0 saturated carbocycles. The lowest BCUT2D eigenvalue weighted by Gasteiger charge is -2.24. The quantitative estimate of drug-likeness (QED) is 0.0211. The first-order chi connectivity index (χ1) is 34.0. The second-order valence-corrected chi connectivity index (χ2v) is 23.2. The summed E-state index contributed by atoms with van der Waals surface area (Å²) in [5.74, 6) is -0.799. The number of phosphoric acid groups is 1. The van der Waals surface area contributed by atoms with Crippen molar-refractivity contribution in [2.75, 3.05) is 47.5 Å². The van der Waals surface area contributed by atoms with E-state index in [0.29, 0.717) is 23.9 Å². The number of likely N-dealkylation sites (N-methyl/N-ethyl adjacent to an activating group) is 1. The van der Waals surface area contributed by atoms with E-state index in [9.17, 15) is 19.0 Å². The summed E-state index contributed by atoms with van der Waals surface area (Å²) in [5, 5.41) is 0. The Bertz CT molecular complexity index is 1240. The van der Waals surface area contributed by atoms with Gasteiger partial charge < -0.3 is 18.9 Å². The van der Waals surface area contributed by atoms with Gasteiger partial charge in [0.15, 0.2) is 6.10 Å². The van der Waals surface area contributed by atoms with Gasteiger partial charge in [-0.25, -0.2) is 4.57 Å². The molecule has 10 heteroatoms. The predicted molar refractivity (Wildman–Crippen MR) is 298 cm³/mol. The van der Waals surface area contributed by atoms with Crippen LogP contribution in [0, 0.1) is 0 Å². The number of rotatable bonds is 56. The van der Waals surface area contributed by atoms with E-state index >= 15 is 0 Å². The van der Waals surface area contributed by atoms with Crippen molar-refractivity contribution in [3.63, 3.8) is 0 Å². The Morgan fingerprint density at radius 1 is 0.443 bits per heavy atom. The normalized spacial score (nSPS) is 13.4. The SMILES string of the molecule is CCCCC/C=C\C/C=C\CCCCCCCC(=O)OC(COC(=O)CCCCCCCCCCCCCCCCCCCCCCCCCCCCCCCCC)COP(=O)(O)OCC[N+](C)(C)C. The summed E-state index contributed by atoms with van der Waals surface area (Å²) >= 11 is 0. The number of phosphoric ester groups is 1. The molecule has 0 bridgehead atoms. The van der Waals surface area contributed by atoms with Crippen molar-refractivity contribution in [1.82, 2.24) is 0 Å². The highest BCUT2D eigenvalue weighted by atomic mass is 31.2. The number of ether oxygens (including phenoxy) is 2. The molecule has 0 heterocycles. The molecule has 0 aliphatic carbocycles. The lowest BCUT2D eigenvalue weighted by atomic mass is 10.0. The molecule has 0 aliphatic heterocycles. The molecular weight excluding hydrogens is 894 g/mol. The summed E-state index contributed by atoms with van der Waals surface area (Å²) in [6, 6.07) is 0. The van der Waals surface area contributed by atoms with Crippen LogP contribution in [-0.2, 0) is 32.7 Å². The number of hydrogen-bond donors (Lipinski definition) is 1. The molecule has 414 valence electrons. The minimum atomic E-state index is -4.38. The van der Waals surface area contributed by atoms with Crippen LogP contribution in [0.5, 0.6) is 0 Å². The summed E-state index contributed by atoms with van der Waals surface area (Å²) in [6.45, 7) is 4.43. The van der Waals surface area contributed by atoms with Crippen molar-refractivity contribution in [1.29, 1.82) is 0 Å². The van der Waals surface area contributed by atoms with Gasteiger partial charge in [0.05, 0.1) is 27.7 Å². The van der Waals surface area contributed by atoms with Gasteiger partial charge in [0.2, 0.25) is 0 Å². The smallest absolute Gasteiger partial charge is 0.462 e. The van der Waals surface area contributed by atoms with Crippen LogP contribution >= 0.6 is 7.82 Å². The highest BCUT2D eigenvalue weighted by molar-refractivity contribution is 7.47. The van der Waals surface area contributed by atoms with Gasteiger partial charge in [-0.2, -0.15) is 0 Å². The van der Waals surface area contributed by atoms with E-state index in [2.05, 4.69) is 38.2 Å². The zero-order valence-electron chi connectivity index (χ0n) is 47.0. The maximum Gasteiger partial charge on any atom is 0.472 e. The van der Waals surface area contributed by atoms with Gasteiger partial charge in [0, 0.05) is 12.8 Å². The maximum absolute atomic E-state index is 12.8. The van der Waals surface area contributed by atoms with Gasteiger partial charge in [-0.05, 0) is 44.9 Å². The fourth-order valence-corrected chi connectivity index (χ4v) is 9.56. The highest BCUT2D eigenvalue weighted by Gasteiger charge is 2.27. The Hall–Kier alpha value is -1.51. The third kappa shape index (κ3) is 55.8. The average Bonchev–Trinajstić information content (AvgIpc) is 3.32. The van der Waals surface area contributed by atoms with Gasteiger partial charge in [-0.3, -0.25) is 18.6 Å². The topological polar surface area (TPSA) is 108 Å². The Kier molecular flexibility index (Phi) is 51.2. The Labute approximate surface area is 434 Å². The van der Waals surface area contributed by atoms with E-state index in [0.717, 1.165) is 57.8 Å². The van der Waals surface area contributed by atoms with E-state index in [1.54, 1.807) is 0 Å². The molecular formula is C60H117NO8P+. The monoisotopic (exact) mass is 1010 g/mol. The number of hydrogen-bond acceptors (Lipinski definition) is 7. The zero-order chi connectivity index (χ0) is 51.3. The number of unbranched alkanes of at least 4 members (excludes halogenated alkanes) is 38. The van der Waals surface area contributed by atoms with Crippen molar-refractivity contribution in [2.24, 2.45) is 0 Å². The van der Waals surface area contributed by atoms with Crippen LogP contribution in [0.2, 0.25) is 0 Å². The van der Waals surface area contributed by atoms with E-state index in [4.69, 9.17) is 18.5 Å². The first kappa shape index (κ1) is 68.5. The molecule has 0 aromatic heterocycles.